The Labute approximate surface area is 166 Å². The molecular weight excluding hydrogens is 362 g/mol. The van der Waals surface area contributed by atoms with Gasteiger partial charge in [0.25, 0.3) is 0 Å². The fourth-order valence-corrected chi connectivity index (χ4v) is 3.45. The topological polar surface area (TPSA) is 118 Å². The van der Waals surface area contributed by atoms with Crippen molar-refractivity contribution in [1.29, 1.82) is 0 Å². The molecule has 1 N–H and O–H groups in total. The van der Waals surface area contributed by atoms with Crippen LogP contribution in [0.4, 0.5) is 0 Å². The second-order valence-electron chi connectivity index (χ2n) is 8.01. The SMILES string of the molecule is CC(C)OC(=O)[C@H](CCC(=O)C=[N+]=[N-])NC(=O)[C@H](CC1CCCC1)OC1CC1. The molecule has 156 valence electrons. The van der Waals surface area contributed by atoms with E-state index in [-0.39, 0.29) is 31.0 Å². The number of carbonyl (C=O) groups is 3. The van der Waals surface area contributed by atoms with Crippen LogP contribution in [0, 0.1) is 5.92 Å². The molecule has 0 unspecified atom stereocenters. The molecule has 0 aliphatic heterocycles. The van der Waals surface area contributed by atoms with E-state index in [1.165, 1.54) is 12.8 Å². The van der Waals surface area contributed by atoms with Gasteiger partial charge in [-0.25, -0.2) is 4.79 Å². The lowest BCUT2D eigenvalue weighted by atomic mass is 9.99. The van der Waals surface area contributed by atoms with Gasteiger partial charge in [0.2, 0.25) is 11.7 Å². The van der Waals surface area contributed by atoms with Gasteiger partial charge in [-0.05, 0) is 45.4 Å². The minimum Gasteiger partial charge on any atom is -0.461 e. The van der Waals surface area contributed by atoms with Crippen LogP contribution in [0.25, 0.3) is 5.53 Å². The van der Waals surface area contributed by atoms with Gasteiger partial charge in [0.05, 0.1) is 12.2 Å². The normalized spacial score (nSPS) is 19.0. The molecule has 2 rings (SSSR count). The Morgan fingerprint density at radius 2 is 1.86 bits per heavy atom. The van der Waals surface area contributed by atoms with Crippen molar-refractivity contribution in [2.45, 2.75) is 96.0 Å². The van der Waals surface area contributed by atoms with E-state index in [2.05, 4.69) is 10.1 Å². The minimum absolute atomic E-state index is 0.0427. The number of esters is 1. The van der Waals surface area contributed by atoms with Crippen molar-refractivity contribution in [2.24, 2.45) is 5.92 Å². The molecule has 0 aromatic heterocycles. The summed E-state index contributed by atoms with van der Waals surface area (Å²) in [6.07, 6.45) is 7.16. The fourth-order valence-electron chi connectivity index (χ4n) is 3.45. The van der Waals surface area contributed by atoms with Crippen LogP contribution in [0.2, 0.25) is 0 Å². The second kappa shape index (κ2) is 11.1. The first-order valence-electron chi connectivity index (χ1n) is 10.3. The maximum absolute atomic E-state index is 12.9. The lowest BCUT2D eigenvalue weighted by molar-refractivity contribution is -0.153. The van der Waals surface area contributed by atoms with Gasteiger partial charge in [-0.15, -0.1) is 0 Å². The maximum atomic E-state index is 12.9. The predicted molar refractivity (Wildman–Crippen MR) is 102 cm³/mol. The zero-order valence-electron chi connectivity index (χ0n) is 16.8. The Morgan fingerprint density at radius 3 is 2.43 bits per heavy atom. The van der Waals surface area contributed by atoms with Crippen LogP contribution in [0.3, 0.4) is 0 Å². The van der Waals surface area contributed by atoms with Crippen LogP contribution in [-0.4, -0.2) is 53.0 Å². The summed E-state index contributed by atoms with van der Waals surface area (Å²) in [4.78, 5) is 39.6. The Hall–Kier alpha value is -2.05. The zero-order chi connectivity index (χ0) is 20.5. The molecule has 0 spiro atoms. The van der Waals surface area contributed by atoms with Crippen molar-refractivity contribution >= 4 is 23.9 Å². The van der Waals surface area contributed by atoms with Crippen LogP contribution in [0.5, 0.6) is 0 Å². The molecule has 0 radical (unpaired) electrons. The molecule has 28 heavy (non-hydrogen) atoms. The van der Waals surface area contributed by atoms with E-state index in [0.717, 1.165) is 31.9 Å². The number of hydrogen-bond acceptors (Lipinski definition) is 5. The quantitative estimate of drug-likeness (QED) is 0.236. The summed E-state index contributed by atoms with van der Waals surface area (Å²) >= 11 is 0. The summed E-state index contributed by atoms with van der Waals surface area (Å²) in [6.45, 7) is 3.44. The van der Waals surface area contributed by atoms with E-state index in [4.69, 9.17) is 15.0 Å². The highest BCUT2D eigenvalue weighted by Crippen LogP contribution is 2.32. The molecule has 2 atom stereocenters. The Morgan fingerprint density at radius 1 is 1.18 bits per heavy atom. The number of nitrogens with zero attached hydrogens (tertiary/aromatic N) is 2. The highest BCUT2D eigenvalue weighted by Gasteiger charge is 2.34. The number of ketones is 1. The maximum Gasteiger partial charge on any atom is 0.328 e. The van der Waals surface area contributed by atoms with Crippen molar-refractivity contribution in [2.75, 3.05) is 0 Å². The lowest BCUT2D eigenvalue weighted by Crippen LogP contribution is -2.48. The number of nitrogens with one attached hydrogen (secondary N) is 1. The van der Waals surface area contributed by atoms with Crippen molar-refractivity contribution in [1.82, 2.24) is 5.32 Å². The Balaban J connectivity index is 1.99. The Bertz CT molecular complexity index is 605. The molecule has 2 saturated carbocycles. The van der Waals surface area contributed by atoms with E-state index in [1.807, 2.05) is 0 Å². The van der Waals surface area contributed by atoms with Crippen LogP contribution < -0.4 is 5.32 Å². The third-order valence-corrected chi connectivity index (χ3v) is 5.03. The summed E-state index contributed by atoms with van der Waals surface area (Å²) in [5.74, 6) is -0.871. The highest BCUT2D eigenvalue weighted by molar-refractivity contribution is 6.25. The first kappa shape index (κ1) is 22.2. The largest absolute Gasteiger partial charge is 0.461 e. The fraction of sp³-hybridized carbons (Fsp3) is 0.800. The van der Waals surface area contributed by atoms with Gasteiger partial charge in [0, 0.05) is 6.42 Å². The average molecular weight is 393 g/mol. The molecule has 0 heterocycles. The summed E-state index contributed by atoms with van der Waals surface area (Å²) in [7, 11) is 0. The molecule has 0 aromatic carbocycles. The van der Waals surface area contributed by atoms with Crippen molar-refractivity contribution < 1.29 is 28.6 Å². The second-order valence-corrected chi connectivity index (χ2v) is 8.01. The molecule has 0 bridgehead atoms. The highest BCUT2D eigenvalue weighted by atomic mass is 16.5. The monoisotopic (exact) mass is 393 g/mol. The van der Waals surface area contributed by atoms with E-state index >= 15 is 0 Å². The number of amides is 1. The van der Waals surface area contributed by atoms with Gasteiger partial charge in [0.15, 0.2) is 0 Å². The molecule has 0 aromatic rings. The van der Waals surface area contributed by atoms with Gasteiger partial charge >= 0.3 is 12.2 Å². The molecular formula is C20H31N3O5. The number of Topliss-reactive ketones (excluding diaryl/α,β-unsaturated/α-hetero) is 1. The zero-order valence-corrected chi connectivity index (χ0v) is 16.8. The number of rotatable bonds is 12. The predicted octanol–water partition coefficient (Wildman–Crippen LogP) is 2.20. The van der Waals surface area contributed by atoms with Gasteiger partial charge in [-0.2, -0.15) is 4.79 Å². The minimum atomic E-state index is -0.945. The number of hydrogen-bond donors (Lipinski definition) is 1. The average Bonchev–Trinajstić information content (AvgIpc) is 3.30. The Kier molecular flexibility index (Phi) is 8.80. The van der Waals surface area contributed by atoms with Gasteiger partial charge in [-0.3, -0.25) is 9.59 Å². The molecule has 2 aliphatic rings. The van der Waals surface area contributed by atoms with E-state index in [1.54, 1.807) is 13.8 Å². The summed E-state index contributed by atoms with van der Waals surface area (Å²) < 4.78 is 11.1. The first-order valence-corrected chi connectivity index (χ1v) is 10.3. The number of ether oxygens (including phenoxy) is 2. The van der Waals surface area contributed by atoms with Crippen molar-refractivity contribution in [3.63, 3.8) is 0 Å². The van der Waals surface area contributed by atoms with Crippen LogP contribution >= 0.6 is 0 Å². The molecule has 8 nitrogen and oxygen atoms in total. The van der Waals surface area contributed by atoms with Gasteiger partial charge < -0.3 is 20.3 Å². The molecule has 1 amide bonds. The van der Waals surface area contributed by atoms with E-state index in [9.17, 15) is 14.4 Å². The van der Waals surface area contributed by atoms with E-state index in [0.29, 0.717) is 12.3 Å². The summed E-state index contributed by atoms with van der Waals surface area (Å²) in [5, 5.41) is 2.73. The van der Waals surface area contributed by atoms with E-state index < -0.39 is 23.9 Å². The lowest BCUT2D eigenvalue weighted by Gasteiger charge is -2.24. The smallest absolute Gasteiger partial charge is 0.328 e. The third-order valence-electron chi connectivity index (χ3n) is 5.03. The summed E-state index contributed by atoms with van der Waals surface area (Å²) in [5.41, 5.74) is 8.44. The van der Waals surface area contributed by atoms with Gasteiger partial charge in [0.1, 0.15) is 12.1 Å². The summed E-state index contributed by atoms with van der Waals surface area (Å²) in [6, 6.07) is -0.945. The third kappa shape index (κ3) is 7.90. The van der Waals surface area contributed by atoms with Gasteiger partial charge in [-0.1, -0.05) is 25.7 Å². The molecule has 2 fully saturated rings. The standard InChI is InChI=1S/C20H31N3O5/c1-13(2)27-20(26)17(10-7-15(24)12-22-21)23-19(25)18(28-16-8-9-16)11-14-5-3-4-6-14/h12-14,16-18H,3-11H2,1-2H3,(H,23,25)/t17-,18-/m0/s1. The first-order chi connectivity index (χ1) is 13.4. The van der Waals surface area contributed by atoms with Crippen LogP contribution in [0.1, 0.15) is 71.6 Å². The van der Waals surface area contributed by atoms with Crippen molar-refractivity contribution in [3.05, 3.63) is 5.53 Å². The molecule has 2 aliphatic carbocycles. The van der Waals surface area contributed by atoms with Crippen molar-refractivity contribution in [3.8, 4) is 0 Å². The van der Waals surface area contributed by atoms with Crippen LogP contribution in [0.15, 0.2) is 0 Å². The number of carbonyl (C=O) groups excluding carboxylic acids is 3. The molecule has 0 saturated heterocycles. The van der Waals surface area contributed by atoms with Crippen LogP contribution in [-0.2, 0) is 23.9 Å². The molecule has 8 heteroatoms.